The van der Waals surface area contributed by atoms with Crippen LogP contribution < -0.4 is 0 Å². The number of nitriles is 1. The van der Waals surface area contributed by atoms with Gasteiger partial charge >= 0.3 is 0 Å². The molecule has 1 aliphatic heterocycles. The van der Waals surface area contributed by atoms with Gasteiger partial charge in [0, 0.05) is 25.3 Å². The second-order valence-electron chi connectivity index (χ2n) is 4.12. The molecule has 5 nitrogen and oxygen atoms in total. The van der Waals surface area contributed by atoms with Crippen LogP contribution in [0.3, 0.4) is 0 Å². The maximum Gasteiger partial charge on any atom is 0.255 e. The van der Waals surface area contributed by atoms with Crippen LogP contribution in [0.25, 0.3) is 0 Å². The number of carbonyl (C=O) groups excluding carboxylic acids is 1. The molecule has 6 heteroatoms. The van der Waals surface area contributed by atoms with E-state index in [2.05, 4.69) is 0 Å². The van der Waals surface area contributed by atoms with Crippen molar-refractivity contribution in [2.24, 2.45) is 0 Å². The molecule has 2 rings (SSSR count). The van der Waals surface area contributed by atoms with Crippen LogP contribution in [0.5, 0.6) is 0 Å². The minimum absolute atomic E-state index is 0.111. The first-order chi connectivity index (χ1) is 9.12. The topological polar surface area (TPSA) is 62.6 Å². The van der Waals surface area contributed by atoms with Crippen molar-refractivity contribution in [3.8, 4) is 6.07 Å². The quantitative estimate of drug-likeness (QED) is 0.772. The number of hydrogen-bond acceptors (Lipinski definition) is 4. The van der Waals surface area contributed by atoms with E-state index in [4.69, 9.17) is 9.47 Å². The van der Waals surface area contributed by atoms with Gasteiger partial charge in [0.25, 0.3) is 5.91 Å². The van der Waals surface area contributed by atoms with Crippen molar-refractivity contribution in [2.45, 2.75) is 12.3 Å². The van der Waals surface area contributed by atoms with E-state index in [-0.39, 0.29) is 12.5 Å². The van der Waals surface area contributed by atoms with Gasteiger partial charge in [-0.15, -0.1) is 0 Å². The standard InChI is InChI=1S/C13H13FN2O3/c1-18-12(19-2)7-16-11(6-15)10-5-8(14)3-4-9(10)13(16)17/h3-5,11-12H,7H2,1-2H3. The van der Waals surface area contributed by atoms with Crippen molar-refractivity contribution in [1.29, 1.82) is 5.26 Å². The predicted molar refractivity (Wildman–Crippen MR) is 63.6 cm³/mol. The van der Waals surface area contributed by atoms with Gasteiger partial charge in [0.2, 0.25) is 0 Å². The molecular formula is C13H13FN2O3. The molecule has 0 saturated carbocycles. The second-order valence-corrected chi connectivity index (χ2v) is 4.12. The zero-order valence-corrected chi connectivity index (χ0v) is 10.6. The molecule has 1 heterocycles. The van der Waals surface area contributed by atoms with E-state index in [0.717, 1.165) is 0 Å². The monoisotopic (exact) mass is 264 g/mol. The van der Waals surface area contributed by atoms with Crippen molar-refractivity contribution < 1.29 is 18.7 Å². The summed E-state index contributed by atoms with van der Waals surface area (Å²) < 4.78 is 23.3. The van der Waals surface area contributed by atoms with E-state index in [0.29, 0.717) is 11.1 Å². The third-order valence-corrected chi connectivity index (χ3v) is 3.10. The molecule has 0 spiro atoms. The summed E-state index contributed by atoms with van der Waals surface area (Å²) in [6.45, 7) is 0.111. The van der Waals surface area contributed by atoms with Gasteiger partial charge in [-0.3, -0.25) is 4.79 Å². The summed E-state index contributed by atoms with van der Waals surface area (Å²) in [5.74, 6) is -0.788. The van der Waals surface area contributed by atoms with Crippen molar-refractivity contribution in [1.82, 2.24) is 4.90 Å². The number of halogens is 1. The minimum atomic E-state index is -0.814. The Balaban J connectivity index is 2.34. The summed E-state index contributed by atoms with van der Waals surface area (Å²) in [6, 6.07) is 5.01. The maximum atomic E-state index is 13.2. The molecule has 0 fully saturated rings. The number of benzene rings is 1. The first-order valence-electron chi connectivity index (χ1n) is 5.68. The van der Waals surface area contributed by atoms with Crippen LogP contribution in [0, 0.1) is 17.1 Å². The average Bonchev–Trinajstić information content (AvgIpc) is 2.67. The fourth-order valence-electron chi connectivity index (χ4n) is 2.13. The Morgan fingerprint density at radius 2 is 2.16 bits per heavy atom. The number of carbonyl (C=O) groups is 1. The number of nitrogens with zero attached hydrogens (tertiary/aromatic N) is 2. The van der Waals surface area contributed by atoms with Crippen LogP contribution in [0.1, 0.15) is 22.0 Å². The summed E-state index contributed by atoms with van der Waals surface area (Å²) in [5, 5.41) is 9.20. The van der Waals surface area contributed by atoms with Crippen LogP contribution >= 0.6 is 0 Å². The first-order valence-corrected chi connectivity index (χ1v) is 5.68. The molecule has 1 aliphatic rings. The van der Waals surface area contributed by atoms with Crippen LogP contribution in [-0.2, 0) is 9.47 Å². The SMILES string of the molecule is COC(CN1C(=O)c2ccc(F)cc2C1C#N)OC. The maximum absolute atomic E-state index is 13.2. The van der Waals surface area contributed by atoms with Crippen LogP contribution in [0.4, 0.5) is 4.39 Å². The highest BCUT2D eigenvalue weighted by molar-refractivity contribution is 5.99. The molecule has 0 aromatic heterocycles. The number of hydrogen-bond donors (Lipinski definition) is 0. The van der Waals surface area contributed by atoms with E-state index in [1.165, 1.54) is 37.3 Å². The van der Waals surface area contributed by atoms with Gasteiger partial charge in [0.1, 0.15) is 11.9 Å². The van der Waals surface area contributed by atoms with E-state index < -0.39 is 18.1 Å². The number of rotatable bonds is 4. The second kappa shape index (κ2) is 5.34. The van der Waals surface area contributed by atoms with Crippen LogP contribution in [-0.4, -0.2) is 37.9 Å². The molecule has 1 aromatic rings. The molecule has 0 radical (unpaired) electrons. The van der Waals surface area contributed by atoms with Crippen molar-refractivity contribution in [3.05, 3.63) is 35.1 Å². The fraction of sp³-hybridized carbons (Fsp3) is 0.385. The lowest BCUT2D eigenvalue weighted by Gasteiger charge is -2.24. The Morgan fingerprint density at radius 3 is 2.74 bits per heavy atom. The van der Waals surface area contributed by atoms with E-state index in [1.807, 2.05) is 6.07 Å². The lowest BCUT2D eigenvalue weighted by atomic mass is 10.1. The predicted octanol–water partition coefficient (Wildman–Crippen LogP) is 1.47. The van der Waals surface area contributed by atoms with Crippen LogP contribution in [0.15, 0.2) is 18.2 Å². The Morgan fingerprint density at radius 1 is 1.47 bits per heavy atom. The van der Waals surface area contributed by atoms with Gasteiger partial charge in [-0.1, -0.05) is 0 Å². The largest absolute Gasteiger partial charge is 0.354 e. The molecule has 0 bridgehead atoms. The Hall–Kier alpha value is -1.97. The highest BCUT2D eigenvalue weighted by Gasteiger charge is 2.38. The smallest absolute Gasteiger partial charge is 0.255 e. The molecule has 1 unspecified atom stereocenters. The zero-order valence-electron chi connectivity index (χ0n) is 10.6. The van der Waals surface area contributed by atoms with E-state index in [1.54, 1.807) is 0 Å². The Labute approximate surface area is 110 Å². The van der Waals surface area contributed by atoms with Gasteiger partial charge in [0.05, 0.1) is 12.6 Å². The number of ether oxygens (including phenoxy) is 2. The molecule has 1 aromatic carbocycles. The van der Waals surface area contributed by atoms with Crippen molar-refractivity contribution in [2.75, 3.05) is 20.8 Å². The van der Waals surface area contributed by atoms with Gasteiger partial charge in [-0.05, 0) is 18.2 Å². The number of fused-ring (bicyclic) bond motifs is 1. The minimum Gasteiger partial charge on any atom is -0.354 e. The highest BCUT2D eigenvalue weighted by Crippen LogP contribution is 2.33. The fourth-order valence-corrected chi connectivity index (χ4v) is 2.13. The average molecular weight is 264 g/mol. The molecule has 1 amide bonds. The Kier molecular flexibility index (Phi) is 3.79. The summed E-state index contributed by atoms with van der Waals surface area (Å²) in [6.07, 6.45) is -0.626. The zero-order chi connectivity index (χ0) is 14.0. The third-order valence-electron chi connectivity index (χ3n) is 3.10. The third kappa shape index (κ3) is 2.30. The summed E-state index contributed by atoms with van der Waals surface area (Å²) in [4.78, 5) is 13.5. The van der Waals surface area contributed by atoms with Gasteiger partial charge in [-0.25, -0.2) is 4.39 Å². The van der Waals surface area contributed by atoms with Crippen molar-refractivity contribution >= 4 is 5.91 Å². The Bertz CT molecular complexity index is 537. The lowest BCUT2D eigenvalue weighted by Crippen LogP contribution is -2.36. The molecule has 0 N–H and O–H groups in total. The number of methoxy groups -OCH3 is 2. The molecule has 0 aliphatic carbocycles. The van der Waals surface area contributed by atoms with Crippen molar-refractivity contribution in [3.63, 3.8) is 0 Å². The summed E-state index contributed by atoms with van der Waals surface area (Å²) >= 11 is 0. The van der Waals surface area contributed by atoms with Gasteiger partial charge in [-0.2, -0.15) is 5.26 Å². The number of amides is 1. The van der Waals surface area contributed by atoms with Gasteiger partial charge < -0.3 is 14.4 Å². The molecular weight excluding hydrogens is 251 g/mol. The van der Waals surface area contributed by atoms with Gasteiger partial charge in [0.15, 0.2) is 6.29 Å². The first kappa shape index (κ1) is 13.5. The summed E-state index contributed by atoms with van der Waals surface area (Å²) in [7, 11) is 2.89. The molecule has 1 atom stereocenters. The summed E-state index contributed by atoms with van der Waals surface area (Å²) in [5.41, 5.74) is 0.734. The highest BCUT2D eigenvalue weighted by atomic mass is 19.1. The van der Waals surface area contributed by atoms with E-state index in [9.17, 15) is 14.4 Å². The van der Waals surface area contributed by atoms with Crippen LogP contribution in [0.2, 0.25) is 0 Å². The normalized spacial score (nSPS) is 17.7. The lowest BCUT2D eigenvalue weighted by molar-refractivity contribution is -0.113. The van der Waals surface area contributed by atoms with E-state index >= 15 is 0 Å². The molecule has 0 saturated heterocycles. The molecule has 19 heavy (non-hydrogen) atoms. The molecule has 100 valence electrons.